The second kappa shape index (κ2) is 7.55. The van der Waals surface area contributed by atoms with Crippen molar-refractivity contribution in [1.29, 1.82) is 0 Å². The smallest absolute Gasteiger partial charge is 0.264 e. The Morgan fingerprint density at radius 1 is 1.06 bits per heavy atom. The predicted molar refractivity (Wildman–Crippen MR) is 112 cm³/mol. The first-order valence-electron chi connectivity index (χ1n) is 9.96. The van der Waals surface area contributed by atoms with Crippen molar-refractivity contribution < 1.29 is 9.50 Å². The molecule has 1 fully saturated rings. The van der Waals surface area contributed by atoms with Crippen LogP contribution in [0.25, 0.3) is 16.7 Å². The van der Waals surface area contributed by atoms with E-state index in [1.54, 1.807) is 30.6 Å². The highest BCUT2D eigenvalue weighted by Crippen LogP contribution is 2.26. The van der Waals surface area contributed by atoms with Crippen molar-refractivity contribution in [1.82, 2.24) is 29.3 Å². The van der Waals surface area contributed by atoms with Gasteiger partial charge in [0.15, 0.2) is 5.65 Å². The van der Waals surface area contributed by atoms with Crippen molar-refractivity contribution in [3.63, 3.8) is 0 Å². The van der Waals surface area contributed by atoms with E-state index in [0.717, 1.165) is 0 Å². The molecule has 0 aliphatic carbocycles. The van der Waals surface area contributed by atoms with Crippen LogP contribution in [0.2, 0.25) is 0 Å². The van der Waals surface area contributed by atoms with Crippen molar-refractivity contribution in [2.75, 3.05) is 18.0 Å². The summed E-state index contributed by atoms with van der Waals surface area (Å²) < 4.78 is 16.1. The predicted octanol–water partition coefficient (Wildman–Crippen LogP) is 1.54. The molecule has 0 saturated carbocycles. The molecule has 0 spiro atoms. The minimum Gasteiger partial charge on any atom is -0.388 e. The Balaban J connectivity index is 1.37. The third-order valence-corrected chi connectivity index (χ3v) is 5.62. The summed E-state index contributed by atoms with van der Waals surface area (Å²) in [6.07, 6.45) is 7.21. The number of aromatic nitrogens is 6. The van der Waals surface area contributed by atoms with Gasteiger partial charge in [0.1, 0.15) is 17.5 Å². The molecule has 1 aromatic carbocycles. The maximum atomic E-state index is 13.2. The molecule has 158 valence electrons. The van der Waals surface area contributed by atoms with E-state index >= 15 is 0 Å². The van der Waals surface area contributed by atoms with Crippen LogP contribution in [0.4, 0.5) is 10.3 Å². The van der Waals surface area contributed by atoms with Crippen LogP contribution in [0, 0.1) is 5.82 Å². The Labute approximate surface area is 176 Å². The van der Waals surface area contributed by atoms with Gasteiger partial charge < -0.3 is 10.0 Å². The van der Waals surface area contributed by atoms with E-state index in [2.05, 4.69) is 20.1 Å². The molecule has 1 saturated heterocycles. The fourth-order valence-corrected chi connectivity index (χ4v) is 3.89. The summed E-state index contributed by atoms with van der Waals surface area (Å²) in [5, 5.41) is 15.7. The molecule has 1 aliphatic heterocycles. The number of hydrogen-bond acceptors (Lipinski definition) is 7. The summed E-state index contributed by atoms with van der Waals surface area (Å²) in [4.78, 5) is 27.9. The van der Waals surface area contributed by atoms with E-state index in [0.29, 0.717) is 48.6 Å². The van der Waals surface area contributed by atoms with Crippen LogP contribution >= 0.6 is 0 Å². The maximum Gasteiger partial charge on any atom is 0.264 e. The van der Waals surface area contributed by atoms with Gasteiger partial charge in [0, 0.05) is 25.5 Å². The molecule has 1 aliphatic rings. The molecule has 0 bridgehead atoms. The third kappa shape index (κ3) is 3.66. The lowest BCUT2D eigenvalue weighted by atomic mass is 9.91. The van der Waals surface area contributed by atoms with Crippen molar-refractivity contribution in [2.45, 2.75) is 25.0 Å². The fourth-order valence-electron chi connectivity index (χ4n) is 3.89. The van der Waals surface area contributed by atoms with Gasteiger partial charge in [0.25, 0.3) is 5.56 Å². The highest BCUT2D eigenvalue weighted by atomic mass is 19.1. The van der Waals surface area contributed by atoms with E-state index < -0.39 is 5.60 Å². The van der Waals surface area contributed by atoms with Gasteiger partial charge in [-0.2, -0.15) is 5.10 Å². The van der Waals surface area contributed by atoms with Crippen LogP contribution in [0.1, 0.15) is 12.8 Å². The molecule has 10 heteroatoms. The van der Waals surface area contributed by atoms with Crippen LogP contribution in [-0.4, -0.2) is 53.1 Å². The molecule has 4 heterocycles. The van der Waals surface area contributed by atoms with Gasteiger partial charge in [0.05, 0.1) is 24.0 Å². The van der Waals surface area contributed by atoms with E-state index in [9.17, 15) is 14.3 Å². The summed E-state index contributed by atoms with van der Waals surface area (Å²) in [7, 11) is 0. The Kier molecular flexibility index (Phi) is 4.70. The largest absolute Gasteiger partial charge is 0.388 e. The molecule has 0 amide bonds. The Morgan fingerprint density at radius 3 is 2.48 bits per heavy atom. The average Bonchev–Trinajstić information content (AvgIpc) is 3.22. The number of halogens is 1. The molecule has 3 aromatic heterocycles. The number of fused-ring (bicyclic) bond motifs is 1. The molecule has 0 unspecified atom stereocenters. The standard InChI is InChI=1S/C21H20FN7O2/c22-15-2-4-16(5-3-15)29-18-17(12-26-29)19(30)28(14-25-18)13-21(31)6-10-27(11-7-21)20-23-8-1-9-24-20/h1-5,8-9,12,14,31H,6-7,10-11,13H2. The molecular weight excluding hydrogens is 401 g/mol. The minimum absolute atomic E-state index is 0.139. The maximum absolute atomic E-state index is 13.2. The fraction of sp³-hybridized carbons (Fsp3) is 0.286. The minimum atomic E-state index is -1.03. The second-order valence-electron chi connectivity index (χ2n) is 7.71. The van der Waals surface area contributed by atoms with Gasteiger partial charge in [0.2, 0.25) is 5.95 Å². The summed E-state index contributed by atoms with van der Waals surface area (Å²) in [5.41, 5.74) is -0.316. The quantitative estimate of drug-likeness (QED) is 0.533. The molecule has 4 aromatic rings. The molecule has 5 rings (SSSR count). The van der Waals surface area contributed by atoms with Crippen LogP contribution in [-0.2, 0) is 6.54 Å². The summed E-state index contributed by atoms with van der Waals surface area (Å²) >= 11 is 0. The highest BCUT2D eigenvalue weighted by molar-refractivity contribution is 5.74. The first-order valence-corrected chi connectivity index (χ1v) is 9.96. The van der Waals surface area contributed by atoms with E-state index in [4.69, 9.17) is 0 Å². The molecule has 9 nitrogen and oxygen atoms in total. The Morgan fingerprint density at radius 2 is 1.77 bits per heavy atom. The van der Waals surface area contributed by atoms with E-state index in [1.807, 2.05) is 4.90 Å². The van der Waals surface area contributed by atoms with Gasteiger partial charge in [-0.05, 0) is 43.2 Å². The highest BCUT2D eigenvalue weighted by Gasteiger charge is 2.34. The number of piperidine rings is 1. The summed E-state index contributed by atoms with van der Waals surface area (Å²) in [5.74, 6) is 0.284. The first-order chi connectivity index (χ1) is 15.0. The van der Waals surface area contributed by atoms with Gasteiger partial charge in [-0.3, -0.25) is 9.36 Å². The zero-order valence-corrected chi connectivity index (χ0v) is 16.6. The molecule has 0 radical (unpaired) electrons. The lowest BCUT2D eigenvalue weighted by Gasteiger charge is -2.38. The topological polar surface area (TPSA) is 102 Å². The third-order valence-electron chi connectivity index (χ3n) is 5.62. The van der Waals surface area contributed by atoms with Crippen LogP contribution in [0.3, 0.4) is 0 Å². The zero-order chi connectivity index (χ0) is 21.4. The van der Waals surface area contributed by atoms with Crippen LogP contribution in [0.5, 0.6) is 0 Å². The number of hydrogen-bond donors (Lipinski definition) is 1. The number of benzene rings is 1. The lowest BCUT2D eigenvalue weighted by Crippen LogP contribution is -2.48. The molecule has 31 heavy (non-hydrogen) atoms. The summed E-state index contributed by atoms with van der Waals surface area (Å²) in [6.45, 7) is 1.32. The van der Waals surface area contributed by atoms with Gasteiger partial charge in [-0.1, -0.05) is 0 Å². The Bertz CT molecular complexity index is 1260. The normalized spacial score (nSPS) is 16.0. The molecule has 0 atom stereocenters. The summed E-state index contributed by atoms with van der Waals surface area (Å²) in [6, 6.07) is 7.56. The van der Waals surface area contributed by atoms with Gasteiger partial charge >= 0.3 is 0 Å². The van der Waals surface area contributed by atoms with Gasteiger partial charge in [-0.15, -0.1) is 0 Å². The number of anilines is 1. The van der Waals surface area contributed by atoms with Crippen LogP contribution in [0.15, 0.2) is 60.0 Å². The molecular formula is C21H20FN7O2. The number of rotatable bonds is 4. The lowest BCUT2D eigenvalue weighted by molar-refractivity contribution is -0.00123. The molecule has 1 N–H and O–H groups in total. The van der Waals surface area contributed by atoms with Crippen molar-refractivity contribution >= 4 is 17.0 Å². The zero-order valence-electron chi connectivity index (χ0n) is 16.6. The van der Waals surface area contributed by atoms with E-state index in [-0.39, 0.29) is 17.9 Å². The van der Waals surface area contributed by atoms with Crippen molar-refractivity contribution in [2.24, 2.45) is 0 Å². The van der Waals surface area contributed by atoms with Gasteiger partial charge in [-0.25, -0.2) is 24.0 Å². The number of aliphatic hydroxyl groups is 1. The second-order valence-corrected chi connectivity index (χ2v) is 7.71. The van der Waals surface area contributed by atoms with E-state index in [1.165, 1.54) is 33.9 Å². The average molecular weight is 421 g/mol. The van der Waals surface area contributed by atoms with Crippen molar-refractivity contribution in [3.05, 3.63) is 71.4 Å². The van der Waals surface area contributed by atoms with Crippen molar-refractivity contribution in [3.8, 4) is 5.69 Å². The monoisotopic (exact) mass is 421 g/mol. The first kappa shape index (κ1) is 19.3. The number of nitrogens with zero attached hydrogens (tertiary/aromatic N) is 7. The SMILES string of the molecule is O=c1c2cnn(-c3ccc(F)cc3)c2ncn1CC1(O)CCN(c2ncccn2)CC1. The van der Waals surface area contributed by atoms with Crippen LogP contribution < -0.4 is 10.5 Å². The Hall–Kier alpha value is -3.66.